The minimum Gasteiger partial charge on any atom is -0.460 e. The zero-order chi connectivity index (χ0) is 14.1. The lowest BCUT2D eigenvalue weighted by molar-refractivity contribution is 0.517. The normalized spacial score (nSPS) is 18.2. The van der Waals surface area contributed by atoms with E-state index in [0.717, 1.165) is 17.0 Å². The lowest BCUT2D eigenvalue weighted by atomic mass is 10.0. The van der Waals surface area contributed by atoms with E-state index in [2.05, 4.69) is 10.6 Å². The van der Waals surface area contributed by atoms with E-state index in [1.54, 1.807) is 6.07 Å². The van der Waals surface area contributed by atoms with Gasteiger partial charge in [-0.2, -0.15) is 0 Å². The second-order valence-electron chi connectivity index (χ2n) is 4.62. The molecule has 0 spiro atoms. The van der Waals surface area contributed by atoms with E-state index in [4.69, 9.17) is 16.6 Å². The molecule has 1 aromatic carbocycles. The number of aryl methyl sites for hydroxylation is 1. The molecule has 2 N–H and O–H groups in total. The van der Waals surface area contributed by atoms with E-state index >= 15 is 0 Å². The Bertz CT molecular complexity index is 693. The summed E-state index contributed by atoms with van der Waals surface area (Å²) in [5.41, 5.74) is 1.60. The molecular weight excluding hydrogens is 275 g/mol. The molecule has 3 rings (SSSR count). The maximum atomic E-state index is 13.3. The van der Waals surface area contributed by atoms with E-state index in [0.29, 0.717) is 10.9 Å². The Kier molecular flexibility index (Phi) is 3.28. The summed E-state index contributed by atoms with van der Waals surface area (Å²) in [5.74, 6) is 1.28. The molecule has 20 heavy (non-hydrogen) atoms. The second-order valence-corrected chi connectivity index (χ2v) is 5.03. The molecule has 0 saturated carbocycles. The van der Waals surface area contributed by atoms with Crippen molar-refractivity contribution in [2.24, 2.45) is 0 Å². The summed E-state index contributed by atoms with van der Waals surface area (Å²) in [4.78, 5) is 0. The van der Waals surface area contributed by atoms with Crippen LogP contribution in [0.4, 0.5) is 4.39 Å². The minimum atomic E-state index is -0.266. The maximum absolute atomic E-state index is 13.3. The summed E-state index contributed by atoms with van der Waals surface area (Å²) in [5, 5.41) is 6.65. The third-order valence-electron chi connectivity index (χ3n) is 3.08. The zero-order valence-corrected chi connectivity index (χ0v) is 11.6. The van der Waals surface area contributed by atoms with Crippen LogP contribution in [0.15, 0.2) is 46.9 Å². The smallest absolute Gasteiger partial charge is 0.171 e. The third-order valence-corrected chi connectivity index (χ3v) is 3.30. The number of thiocarbonyl (C=S) groups is 1. The summed E-state index contributed by atoms with van der Waals surface area (Å²) in [6.07, 6.45) is 1.93. The fourth-order valence-corrected chi connectivity index (χ4v) is 2.39. The predicted octanol–water partition coefficient (Wildman–Crippen LogP) is 3.29. The average molecular weight is 288 g/mol. The molecule has 1 aromatic heterocycles. The standard InChI is InChI=1S/C15H13FN2OS/c1-9-5-6-14(19-9)13-8-12(17-15(20)18-13)10-3-2-4-11(16)7-10/h2-8,12H,1H3,(H2,17,18,20)/t12-/m1/s1. The first-order chi connectivity index (χ1) is 9.61. The Hall–Kier alpha value is -2.14. The van der Waals surface area contributed by atoms with Crippen LogP contribution >= 0.6 is 12.2 Å². The molecule has 0 amide bonds. The van der Waals surface area contributed by atoms with E-state index in [9.17, 15) is 4.39 Å². The molecule has 0 bridgehead atoms. The number of benzene rings is 1. The first-order valence-corrected chi connectivity index (χ1v) is 6.64. The van der Waals surface area contributed by atoms with Gasteiger partial charge in [0.05, 0.1) is 11.7 Å². The van der Waals surface area contributed by atoms with Crippen molar-refractivity contribution in [1.29, 1.82) is 0 Å². The van der Waals surface area contributed by atoms with Crippen molar-refractivity contribution in [3.05, 3.63) is 65.4 Å². The molecule has 5 heteroatoms. The predicted molar refractivity (Wildman–Crippen MR) is 79.4 cm³/mol. The Labute approximate surface area is 121 Å². The monoisotopic (exact) mass is 288 g/mol. The molecule has 0 aliphatic carbocycles. The number of hydrogen-bond donors (Lipinski definition) is 2. The lowest BCUT2D eigenvalue weighted by Crippen LogP contribution is -2.40. The van der Waals surface area contributed by atoms with Gasteiger partial charge in [-0.25, -0.2) is 4.39 Å². The van der Waals surface area contributed by atoms with E-state index < -0.39 is 0 Å². The average Bonchev–Trinajstić information content (AvgIpc) is 2.85. The van der Waals surface area contributed by atoms with Gasteiger partial charge >= 0.3 is 0 Å². The summed E-state index contributed by atoms with van der Waals surface area (Å²) in [6.45, 7) is 1.88. The van der Waals surface area contributed by atoms with Gasteiger partial charge in [-0.05, 0) is 55.0 Å². The van der Waals surface area contributed by atoms with Gasteiger partial charge in [0.15, 0.2) is 5.11 Å². The molecule has 0 radical (unpaired) electrons. The number of furan rings is 1. The molecule has 2 heterocycles. The first kappa shape index (κ1) is 12.9. The van der Waals surface area contributed by atoms with Crippen LogP contribution in [0.5, 0.6) is 0 Å². The Morgan fingerprint density at radius 2 is 2.10 bits per heavy atom. The molecule has 3 nitrogen and oxygen atoms in total. The van der Waals surface area contributed by atoms with Crippen molar-refractivity contribution < 1.29 is 8.81 Å². The van der Waals surface area contributed by atoms with Crippen LogP contribution in [0.1, 0.15) is 23.1 Å². The van der Waals surface area contributed by atoms with Gasteiger partial charge in [0.2, 0.25) is 0 Å². The highest BCUT2D eigenvalue weighted by Crippen LogP contribution is 2.24. The number of halogens is 1. The molecule has 1 atom stereocenters. The van der Waals surface area contributed by atoms with Gasteiger partial charge in [0.1, 0.15) is 17.3 Å². The van der Waals surface area contributed by atoms with E-state index in [1.807, 2.05) is 31.2 Å². The number of nitrogens with one attached hydrogen (secondary N) is 2. The highest BCUT2D eigenvalue weighted by Gasteiger charge is 2.20. The van der Waals surface area contributed by atoms with Crippen molar-refractivity contribution in [3.63, 3.8) is 0 Å². The van der Waals surface area contributed by atoms with Gasteiger partial charge in [-0.3, -0.25) is 0 Å². The van der Waals surface area contributed by atoms with Crippen molar-refractivity contribution in [2.75, 3.05) is 0 Å². The fourth-order valence-electron chi connectivity index (χ4n) is 2.15. The Balaban J connectivity index is 1.97. The van der Waals surface area contributed by atoms with Gasteiger partial charge in [-0.1, -0.05) is 12.1 Å². The van der Waals surface area contributed by atoms with Gasteiger partial charge in [0, 0.05) is 0 Å². The Morgan fingerprint density at radius 1 is 1.25 bits per heavy atom. The summed E-state index contributed by atoms with van der Waals surface area (Å²) in [7, 11) is 0. The van der Waals surface area contributed by atoms with Crippen LogP contribution in [-0.2, 0) is 0 Å². The lowest BCUT2D eigenvalue weighted by Gasteiger charge is -2.25. The molecule has 1 aliphatic rings. The van der Waals surface area contributed by atoms with Crippen LogP contribution in [0.2, 0.25) is 0 Å². The van der Waals surface area contributed by atoms with E-state index in [1.165, 1.54) is 12.1 Å². The molecule has 2 aromatic rings. The van der Waals surface area contributed by atoms with Crippen LogP contribution in [0.25, 0.3) is 5.70 Å². The highest BCUT2D eigenvalue weighted by molar-refractivity contribution is 7.80. The molecule has 0 unspecified atom stereocenters. The summed E-state index contributed by atoms with van der Waals surface area (Å²) < 4.78 is 18.9. The van der Waals surface area contributed by atoms with Crippen molar-refractivity contribution >= 4 is 23.0 Å². The van der Waals surface area contributed by atoms with Crippen molar-refractivity contribution in [3.8, 4) is 0 Å². The van der Waals surface area contributed by atoms with E-state index in [-0.39, 0.29) is 11.9 Å². The number of hydrogen-bond acceptors (Lipinski definition) is 2. The summed E-state index contributed by atoms with van der Waals surface area (Å²) >= 11 is 5.20. The number of rotatable bonds is 2. The highest BCUT2D eigenvalue weighted by atomic mass is 32.1. The topological polar surface area (TPSA) is 37.2 Å². The maximum Gasteiger partial charge on any atom is 0.171 e. The quantitative estimate of drug-likeness (QED) is 0.832. The molecule has 0 fully saturated rings. The van der Waals surface area contributed by atoms with Gasteiger partial charge < -0.3 is 15.1 Å². The van der Waals surface area contributed by atoms with Crippen LogP contribution in [0.3, 0.4) is 0 Å². The first-order valence-electron chi connectivity index (χ1n) is 6.23. The minimum absolute atomic E-state index is 0.181. The second kappa shape index (κ2) is 5.09. The van der Waals surface area contributed by atoms with Crippen LogP contribution in [0, 0.1) is 12.7 Å². The molecule has 1 aliphatic heterocycles. The fraction of sp³-hybridized carbons (Fsp3) is 0.133. The van der Waals surface area contributed by atoms with Crippen molar-refractivity contribution in [2.45, 2.75) is 13.0 Å². The third kappa shape index (κ3) is 2.58. The van der Waals surface area contributed by atoms with Crippen molar-refractivity contribution in [1.82, 2.24) is 10.6 Å². The van der Waals surface area contributed by atoms with Gasteiger partial charge in [0.25, 0.3) is 0 Å². The van der Waals surface area contributed by atoms with Gasteiger partial charge in [-0.15, -0.1) is 0 Å². The summed E-state index contributed by atoms with van der Waals surface area (Å²) in [6, 6.07) is 10.0. The largest absolute Gasteiger partial charge is 0.460 e. The van der Waals surface area contributed by atoms with Crippen LogP contribution < -0.4 is 10.6 Å². The molecule has 102 valence electrons. The zero-order valence-electron chi connectivity index (χ0n) is 10.8. The SMILES string of the molecule is Cc1ccc(C2=C[C@H](c3cccc(F)c3)NC(=S)N2)o1. The Morgan fingerprint density at radius 3 is 2.80 bits per heavy atom. The van der Waals surface area contributed by atoms with Crippen LogP contribution in [-0.4, -0.2) is 5.11 Å². The molecule has 0 saturated heterocycles. The molecular formula is C15H13FN2OS.